The molecule has 1 N–H and O–H groups in total. The molecular formula is C19H19N5O. The van der Waals surface area contributed by atoms with Crippen LogP contribution in [-0.2, 0) is 17.9 Å². The van der Waals surface area contributed by atoms with Gasteiger partial charge in [-0.25, -0.2) is 4.68 Å². The lowest BCUT2D eigenvalue weighted by molar-refractivity contribution is -0.121. The van der Waals surface area contributed by atoms with E-state index in [-0.39, 0.29) is 12.5 Å². The van der Waals surface area contributed by atoms with Crippen molar-refractivity contribution in [2.45, 2.75) is 19.5 Å². The zero-order chi connectivity index (χ0) is 17.1. The summed E-state index contributed by atoms with van der Waals surface area (Å²) in [5.74, 6) is -0.0481. The Kier molecular flexibility index (Phi) is 4.16. The van der Waals surface area contributed by atoms with Crippen LogP contribution in [0.25, 0.3) is 21.9 Å². The molecule has 0 fully saturated rings. The van der Waals surface area contributed by atoms with E-state index in [2.05, 4.69) is 44.6 Å². The summed E-state index contributed by atoms with van der Waals surface area (Å²) in [4.78, 5) is 12.1. The monoisotopic (exact) mass is 333 g/mol. The fourth-order valence-corrected chi connectivity index (χ4v) is 3.04. The van der Waals surface area contributed by atoms with Crippen LogP contribution in [0, 0.1) is 0 Å². The van der Waals surface area contributed by atoms with Gasteiger partial charge >= 0.3 is 0 Å². The minimum absolute atomic E-state index is 0.0481. The van der Waals surface area contributed by atoms with Gasteiger partial charge in [-0.1, -0.05) is 35.5 Å². The maximum Gasteiger partial charge on any atom is 0.241 e. The van der Waals surface area contributed by atoms with Crippen molar-refractivity contribution < 1.29 is 4.79 Å². The quantitative estimate of drug-likeness (QED) is 0.552. The number of benzene rings is 2. The Balaban J connectivity index is 1.29. The molecule has 0 aliphatic carbocycles. The molecule has 0 saturated carbocycles. The summed E-state index contributed by atoms with van der Waals surface area (Å²) in [6.45, 7) is 1.70. The minimum Gasteiger partial charge on any atom is -0.354 e. The summed E-state index contributed by atoms with van der Waals surface area (Å²) in [7, 11) is 0. The summed E-state index contributed by atoms with van der Waals surface area (Å²) in [6.07, 6.45) is 2.97. The molecule has 0 bridgehead atoms. The predicted molar refractivity (Wildman–Crippen MR) is 97.1 cm³/mol. The number of aryl methyl sites for hydroxylation is 1. The summed E-state index contributed by atoms with van der Waals surface area (Å²) in [5.41, 5.74) is 2.90. The van der Waals surface area contributed by atoms with Crippen LogP contribution in [0.3, 0.4) is 0 Å². The number of nitrogens with one attached hydrogen (secondary N) is 1. The molecule has 6 nitrogen and oxygen atoms in total. The second-order valence-electron chi connectivity index (χ2n) is 6.01. The number of rotatable bonds is 6. The van der Waals surface area contributed by atoms with E-state index in [1.165, 1.54) is 10.9 Å². The molecule has 25 heavy (non-hydrogen) atoms. The lowest BCUT2D eigenvalue weighted by Crippen LogP contribution is -2.29. The maximum atomic E-state index is 12.1. The fourth-order valence-electron chi connectivity index (χ4n) is 3.04. The van der Waals surface area contributed by atoms with E-state index in [4.69, 9.17) is 0 Å². The average molecular weight is 333 g/mol. The molecule has 1 amide bonds. The molecule has 4 aromatic rings. The largest absolute Gasteiger partial charge is 0.354 e. The molecular weight excluding hydrogens is 314 g/mol. The van der Waals surface area contributed by atoms with Gasteiger partial charge in [-0.05, 0) is 36.1 Å². The zero-order valence-corrected chi connectivity index (χ0v) is 13.8. The van der Waals surface area contributed by atoms with Crippen molar-refractivity contribution in [2.75, 3.05) is 6.54 Å². The van der Waals surface area contributed by atoms with Gasteiger partial charge in [0.1, 0.15) is 12.1 Å². The number of fused-ring (bicyclic) bond motifs is 2. The highest BCUT2D eigenvalue weighted by Crippen LogP contribution is 2.15. The number of carbonyl (C=O) groups is 1. The van der Waals surface area contributed by atoms with Gasteiger partial charge in [0.2, 0.25) is 5.91 Å². The van der Waals surface area contributed by atoms with Crippen molar-refractivity contribution in [1.29, 1.82) is 0 Å². The third-order valence-corrected chi connectivity index (χ3v) is 4.29. The summed E-state index contributed by atoms with van der Waals surface area (Å²) in [5, 5.41) is 12.3. The normalized spacial score (nSPS) is 11.2. The standard InChI is InChI=1S/C19H19N5O/c25-19(14-24-18-9-4-2-7-16(18)21-22-24)20-11-5-12-23-13-10-15-6-1-3-8-17(15)23/h1-4,6-10,13H,5,11-12,14H2,(H,20,25). The number of para-hydroxylation sites is 2. The van der Waals surface area contributed by atoms with Crippen molar-refractivity contribution in [2.24, 2.45) is 0 Å². The molecule has 126 valence electrons. The van der Waals surface area contributed by atoms with Gasteiger partial charge in [-0.15, -0.1) is 5.10 Å². The first kappa shape index (κ1) is 15.4. The van der Waals surface area contributed by atoms with Crippen LogP contribution in [0.2, 0.25) is 0 Å². The molecule has 0 aliphatic heterocycles. The minimum atomic E-state index is -0.0481. The van der Waals surface area contributed by atoms with E-state index in [1.54, 1.807) is 4.68 Å². The number of hydrogen-bond acceptors (Lipinski definition) is 3. The molecule has 0 unspecified atom stereocenters. The molecule has 2 aromatic heterocycles. The number of nitrogens with zero attached hydrogens (tertiary/aromatic N) is 4. The highest BCUT2D eigenvalue weighted by Gasteiger charge is 2.08. The molecule has 0 saturated heterocycles. The lowest BCUT2D eigenvalue weighted by Gasteiger charge is -2.07. The van der Waals surface area contributed by atoms with Crippen molar-refractivity contribution in [1.82, 2.24) is 24.9 Å². The van der Waals surface area contributed by atoms with Crippen molar-refractivity contribution >= 4 is 27.8 Å². The summed E-state index contributed by atoms with van der Waals surface area (Å²) >= 11 is 0. The molecule has 0 atom stereocenters. The molecule has 2 aromatic carbocycles. The Bertz CT molecular complexity index is 1020. The molecule has 2 heterocycles. The first-order valence-electron chi connectivity index (χ1n) is 8.40. The van der Waals surface area contributed by atoms with Crippen LogP contribution >= 0.6 is 0 Å². The Morgan fingerprint density at radius 3 is 2.72 bits per heavy atom. The van der Waals surface area contributed by atoms with E-state index in [0.29, 0.717) is 6.54 Å². The molecule has 0 spiro atoms. The lowest BCUT2D eigenvalue weighted by atomic mass is 10.2. The highest BCUT2D eigenvalue weighted by molar-refractivity contribution is 5.80. The number of carbonyl (C=O) groups excluding carboxylic acids is 1. The van der Waals surface area contributed by atoms with E-state index >= 15 is 0 Å². The Hall–Kier alpha value is -3.15. The average Bonchev–Trinajstić information content (AvgIpc) is 3.24. The topological polar surface area (TPSA) is 64.7 Å². The Morgan fingerprint density at radius 2 is 1.80 bits per heavy atom. The molecule has 0 radical (unpaired) electrons. The third kappa shape index (κ3) is 3.24. The first-order chi connectivity index (χ1) is 12.3. The maximum absolute atomic E-state index is 12.1. The zero-order valence-electron chi connectivity index (χ0n) is 13.8. The number of aromatic nitrogens is 4. The second-order valence-corrected chi connectivity index (χ2v) is 6.01. The summed E-state index contributed by atoms with van der Waals surface area (Å²) < 4.78 is 3.84. The van der Waals surface area contributed by atoms with Crippen molar-refractivity contribution in [3.8, 4) is 0 Å². The van der Waals surface area contributed by atoms with E-state index < -0.39 is 0 Å². The van der Waals surface area contributed by atoms with Crippen molar-refractivity contribution in [3.63, 3.8) is 0 Å². The third-order valence-electron chi connectivity index (χ3n) is 4.29. The van der Waals surface area contributed by atoms with Gasteiger partial charge in [0.25, 0.3) is 0 Å². The van der Waals surface area contributed by atoms with Gasteiger partial charge in [0.15, 0.2) is 0 Å². The van der Waals surface area contributed by atoms with E-state index in [1.807, 2.05) is 36.4 Å². The van der Waals surface area contributed by atoms with Crippen LogP contribution < -0.4 is 5.32 Å². The molecule has 4 rings (SSSR count). The second kappa shape index (κ2) is 6.76. The fraction of sp³-hybridized carbons (Fsp3) is 0.211. The summed E-state index contributed by atoms with van der Waals surface area (Å²) in [6, 6.07) is 18.1. The molecule has 6 heteroatoms. The van der Waals surface area contributed by atoms with Crippen molar-refractivity contribution in [3.05, 3.63) is 60.8 Å². The van der Waals surface area contributed by atoms with Crippen LogP contribution in [-0.4, -0.2) is 32.0 Å². The van der Waals surface area contributed by atoms with Gasteiger partial charge < -0.3 is 9.88 Å². The van der Waals surface area contributed by atoms with E-state index in [0.717, 1.165) is 24.0 Å². The van der Waals surface area contributed by atoms with Crippen LogP contribution in [0.1, 0.15) is 6.42 Å². The smallest absolute Gasteiger partial charge is 0.241 e. The predicted octanol–water partition coefficient (Wildman–Crippen LogP) is 2.59. The van der Waals surface area contributed by atoms with Gasteiger partial charge in [-0.3, -0.25) is 4.79 Å². The Morgan fingerprint density at radius 1 is 1.00 bits per heavy atom. The van der Waals surface area contributed by atoms with Crippen LogP contribution in [0.4, 0.5) is 0 Å². The van der Waals surface area contributed by atoms with Gasteiger partial charge in [0, 0.05) is 24.8 Å². The van der Waals surface area contributed by atoms with Crippen LogP contribution in [0.15, 0.2) is 60.8 Å². The number of hydrogen-bond donors (Lipinski definition) is 1. The van der Waals surface area contributed by atoms with E-state index in [9.17, 15) is 4.79 Å². The number of amides is 1. The van der Waals surface area contributed by atoms with Gasteiger partial charge in [0.05, 0.1) is 5.52 Å². The highest BCUT2D eigenvalue weighted by atomic mass is 16.2. The Labute approximate surface area is 145 Å². The first-order valence-corrected chi connectivity index (χ1v) is 8.40. The van der Waals surface area contributed by atoms with Crippen LogP contribution in [0.5, 0.6) is 0 Å². The van der Waals surface area contributed by atoms with Gasteiger partial charge in [-0.2, -0.15) is 0 Å². The SMILES string of the molecule is O=C(Cn1nnc2ccccc21)NCCCn1ccc2ccccc21. The molecule has 0 aliphatic rings.